The molecule has 100 valence electrons. The average Bonchev–Trinajstić information content (AvgIpc) is 2.85. The van der Waals surface area contributed by atoms with Crippen LogP contribution in [0.15, 0.2) is 17.5 Å². The van der Waals surface area contributed by atoms with Crippen LogP contribution < -0.4 is 5.32 Å². The molecule has 0 saturated carbocycles. The van der Waals surface area contributed by atoms with E-state index in [1.807, 2.05) is 17.5 Å². The highest BCUT2D eigenvalue weighted by atomic mass is 32.1. The number of thiophene rings is 1. The van der Waals surface area contributed by atoms with Crippen LogP contribution >= 0.6 is 11.3 Å². The number of likely N-dealkylation sites (N-methyl/N-ethyl adjacent to an activating group) is 1. The van der Waals surface area contributed by atoms with E-state index in [9.17, 15) is 9.59 Å². The fourth-order valence-corrected chi connectivity index (χ4v) is 1.94. The lowest BCUT2D eigenvalue weighted by molar-refractivity contribution is -0.146. The fraction of sp³-hybridized carbons (Fsp3) is 0.455. The van der Waals surface area contributed by atoms with Crippen molar-refractivity contribution in [1.29, 1.82) is 0 Å². The summed E-state index contributed by atoms with van der Waals surface area (Å²) in [6.07, 6.45) is -0.817. The molecule has 3 N–H and O–H groups in total. The highest BCUT2D eigenvalue weighted by molar-refractivity contribution is 7.09. The number of carbonyl (C=O) groups excluding carboxylic acids is 1. The predicted molar refractivity (Wildman–Crippen MR) is 67.7 cm³/mol. The summed E-state index contributed by atoms with van der Waals surface area (Å²) in [5.41, 5.74) is 0. The van der Waals surface area contributed by atoms with E-state index >= 15 is 0 Å². The van der Waals surface area contributed by atoms with Crippen molar-refractivity contribution in [2.75, 3.05) is 20.1 Å². The van der Waals surface area contributed by atoms with Crippen molar-refractivity contribution in [2.45, 2.75) is 12.5 Å². The summed E-state index contributed by atoms with van der Waals surface area (Å²) in [6.45, 7) is 0.243. The minimum Gasteiger partial charge on any atom is -0.479 e. The molecule has 0 aliphatic rings. The summed E-state index contributed by atoms with van der Waals surface area (Å²) >= 11 is 1.62. The number of hydrogen-bond acceptors (Lipinski definition) is 4. The van der Waals surface area contributed by atoms with Crippen LogP contribution in [0.3, 0.4) is 0 Å². The molecule has 0 aliphatic carbocycles. The minimum absolute atomic E-state index is 0.294. The van der Waals surface area contributed by atoms with Crippen molar-refractivity contribution in [3.05, 3.63) is 22.4 Å². The van der Waals surface area contributed by atoms with Crippen LogP contribution in [-0.2, 0) is 11.2 Å². The van der Waals surface area contributed by atoms with Gasteiger partial charge in [-0.2, -0.15) is 0 Å². The molecule has 0 spiro atoms. The van der Waals surface area contributed by atoms with Crippen LogP contribution in [0.25, 0.3) is 0 Å². The molecule has 0 bridgehead atoms. The van der Waals surface area contributed by atoms with Crippen LogP contribution in [0.5, 0.6) is 0 Å². The number of aliphatic hydroxyl groups excluding tert-OH is 1. The number of hydrogen-bond donors (Lipinski definition) is 3. The SMILES string of the molecule is CN(CCc1cccs1)C(=O)NC[C@H](O)C(=O)O. The molecule has 0 fully saturated rings. The second kappa shape index (κ2) is 6.97. The molecule has 1 heterocycles. The molecule has 0 unspecified atom stereocenters. The van der Waals surface area contributed by atoms with Gasteiger partial charge >= 0.3 is 12.0 Å². The molecular weight excluding hydrogens is 256 g/mol. The fourth-order valence-electron chi connectivity index (χ4n) is 1.24. The second-order valence-electron chi connectivity index (χ2n) is 3.79. The molecule has 18 heavy (non-hydrogen) atoms. The molecular formula is C11H16N2O4S. The van der Waals surface area contributed by atoms with Crippen LogP contribution in [0.2, 0.25) is 0 Å². The molecule has 1 rings (SSSR count). The van der Waals surface area contributed by atoms with Gasteiger partial charge in [0.05, 0.1) is 6.54 Å². The van der Waals surface area contributed by atoms with Crippen molar-refractivity contribution >= 4 is 23.3 Å². The monoisotopic (exact) mass is 272 g/mol. The molecule has 0 aliphatic heterocycles. The number of urea groups is 1. The molecule has 1 aromatic rings. The number of nitrogens with one attached hydrogen (secondary N) is 1. The van der Waals surface area contributed by atoms with E-state index < -0.39 is 18.1 Å². The Morgan fingerprint density at radius 3 is 2.83 bits per heavy atom. The van der Waals surface area contributed by atoms with E-state index in [1.165, 1.54) is 9.78 Å². The molecule has 0 aromatic carbocycles. The number of rotatable bonds is 6. The summed E-state index contributed by atoms with van der Waals surface area (Å²) in [6, 6.07) is 3.54. The zero-order valence-electron chi connectivity index (χ0n) is 10.00. The second-order valence-corrected chi connectivity index (χ2v) is 4.82. The highest BCUT2D eigenvalue weighted by Gasteiger charge is 2.15. The molecule has 0 radical (unpaired) electrons. The Balaban J connectivity index is 2.26. The van der Waals surface area contributed by atoms with E-state index in [-0.39, 0.29) is 6.54 Å². The van der Waals surface area contributed by atoms with Crippen molar-refractivity contribution in [1.82, 2.24) is 10.2 Å². The number of amides is 2. The van der Waals surface area contributed by atoms with Gasteiger partial charge in [-0.15, -0.1) is 11.3 Å². The van der Waals surface area contributed by atoms with E-state index in [0.717, 1.165) is 6.42 Å². The van der Waals surface area contributed by atoms with E-state index in [2.05, 4.69) is 5.32 Å². The number of aliphatic carboxylic acids is 1. The molecule has 1 aromatic heterocycles. The van der Waals surface area contributed by atoms with Crippen molar-refractivity contribution < 1.29 is 19.8 Å². The van der Waals surface area contributed by atoms with Crippen molar-refractivity contribution in [2.24, 2.45) is 0 Å². The number of carboxylic acid groups (broad SMARTS) is 1. The summed E-state index contributed by atoms with van der Waals surface area (Å²) < 4.78 is 0. The third-order valence-electron chi connectivity index (χ3n) is 2.35. The third-order valence-corrected chi connectivity index (χ3v) is 3.29. The predicted octanol–water partition coefficient (Wildman–Crippen LogP) is 0.378. The Morgan fingerprint density at radius 1 is 1.56 bits per heavy atom. The van der Waals surface area contributed by atoms with Gasteiger partial charge in [-0.05, 0) is 17.9 Å². The Hall–Kier alpha value is -1.60. The smallest absolute Gasteiger partial charge is 0.334 e. The van der Waals surface area contributed by atoms with E-state index in [1.54, 1.807) is 18.4 Å². The third kappa shape index (κ3) is 4.72. The quantitative estimate of drug-likeness (QED) is 0.698. The molecule has 7 heteroatoms. The van der Waals surface area contributed by atoms with Crippen LogP contribution in [0, 0.1) is 0 Å². The summed E-state index contributed by atoms with van der Waals surface area (Å²) in [5.74, 6) is -1.35. The lowest BCUT2D eigenvalue weighted by Crippen LogP contribution is -2.43. The lowest BCUT2D eigenvalue weighted by atomic mass is 10.3. The van der Waals surface area contributed by atoms with Gasteiger partial charge < -0.3 is 20.4 Å². The molecule has 0 saturated heterocycles. The van der Waals surface area contributed by atoms with E-state index in [0.29, 0.717) is 6.54 Å². The van der Waals surface area contributed by atoms with Gasteiger partial charge in [-0.1, -0.05) is 6.07 Å². The normalized spacial score (nSPS) is 11.9. The zero-order chi connectivity index (χ0) is 13.5. The van der Waals surface area contributed by atoms with Crippen LogP contribution in [0.1, 0.15) is 4.88 Å². The number of carbonyl (C=O) groups is 2. The summed E-state index contributed by atoms with van der Waals surface area (Å²) in [4.78, 5) is 24.5. The Labute approximate surface area is 109 Å². The number of carboxylic acids is 1. The van der Waals surface area contributed by atoms with Gasteiger partial charge in [0.15, 0.2) is 6.10 Å². The first kappa shape index (κ1) is 14.5. The zero-order valence-corrected chi connectivity index (χ0v) is 10.8. The maximum Gasteiger partial charge on any atom is 0.334 e. The Kier molecular flexibility index (Phi) is 5.60. The maximum atomic E-state index is 11.5. The first-order chi connectivity index (χ1) is 8.50. The first-order valence-corrected chi connectivity index (χ1v) is 6.31. The number of nitrogens with zero attached hydrogens (tertiary/aromatic N) is 1. The molecule has 1 atom stereocenters. The van der Waals surface area contributed by atoms with Crippen molar-refractivity contribution in [3.8, 4) is 0 Å². The van der Waals surface area contributed by atoms with Gasteiger partial charge in [-0.25, -0.2) is 9.59 Å². The lowest BCUT2D eigenvalue weighted by Gasteiger charge is -2.18. The average molecular weight is 272 g/mol. The standard InChI is InChI=1S/C11H16N2O4S/c1-13(5-4-8-3-2-6-18-8)11(17)12-7-9(14)10(15)16/h2-3,6,9,14H,4-5,7H2,1H3,(H,12,17)(H,15,16)/t9-/m0/s1. The maximum absolute atomic E-state index is 11.5. The summed E-state index contributed by atoms with van der Waals surface area (Å²) in [7, 11) is 1.62. The van der Waals surface area contributed by atoms with E-state index in [4.69, 9.17) is 10.2 Å². The van der Waals surface area contributed by atoms with Gasteiger partial charge in [0.2, 0.25) is 0 Å². The van der Waals surface area contributed by atoms with Gasteiger partial charge in [0, 0.05) is 18.5 Å². The van der Waals surface area contributed by atoms with Gasteiger partial charge in [0.1, 0.15) is 0 Å². The largest absolute Gasteiger partial charge is 0.479 e. The summed E-state index contributed by atoms with van der Waals surface area (Å²) in [5, 5.41) is 21.8. The molecule has 2 amide bonds. The van der Waals surface area contributed by atoms with Crippen molar-refractivity contribution in [3.63, 3.8) is 0 Å². The highest BCUT2D eigenvalue weighted by Crippen LogP contribution is 2.09. The minimum atomic E-state index is -1.57. The van der Waals surface area contributed by atoms with Gasteiger partial charge in [0.25, 0.3) is 0 Å². The first-order valence-electron chi connectivity index (χ1n) is 5.43. The number of aliphatic hydroxyl groups is 1. The van der Waals surface area contributed by atoms with Gasteiger partial charge in [-0.3, -0.25) is 0 Å². The Bertz CT molecular complexity index is 394. The van der Waals surface area contributed by atoms with Crippen LogP contribution in [0.4, 0.5) is 4.79 Å². The molecule has 6 nitrogen and oxygen atoms in total. The Morgan fingerprint density at radius 2 is 2.28 bits per heavy atom. The van der Waals surface area contributed by atoms with Crippen LogP contribution in [-0.4, -0.2) is 53.4 Å². The topological polar surface area (TPSA) is 89.9 Å².